The number of hydrogen-bond donors (Lipinski definition) is 3. The van der Waals surface area contributed by atoms with Crippen LogP contribution in [0.5, 0.6) is 0 Å². The van der Waals surface area contributed by atoms with Crippen LogP contribution in [0.3, 0.4) is 0 Å². The zero-order valence-electron chi connectivity index (χ0n) is 17.9. The van der Waals surface area contributed by atoms with Gasteiger partial charge in [-0.1, -0.05) is 30.3 Å². The van der Waals surface area contributed by atoms with E-state index in [2.05, 4.69) is 20.5 Å². The maximum atomic E-state index is 12.6. The van der Waals surface area contributed by atoms with Gasteiger partial charge in [-0.05, 0) is 43.3 Å². The van der Waals surface area contributed by atoms with E-state index in [0.717, 1.165) is 11.5 Å². The number of anilines is 4. The molecule has 0 radical (unpaired) electrons. The number of nitrogen functional groups attached to an aromatic ring is 1. The quantitative estimate of drug-likeness (QED) is 0.548. The summed E-state index contributed by atoms with van der Waals surface area (Å²) in [6.07, 6.45) is 1.56. The normalized spacial score (nSPS) is 15.8. The number of nitrogens with one attached hydrogen (secondary N) is 2. The zero-order valence-corrected chi connectivity index (χ0v) is 17.9. The number of nitrogens with two attached hydrogens (primary N) is 1. The van der Waals surface area contributed by atoms with E-state index in [1.54, 1.807) is 24.4 Å². The fourth-order valence-electron chi connectivity index (χ4n) is 3.70. The number of hydrogen-bond acceptors (Lipinski definition) is 5. The van der Waals surface area contributed by atoms with E-state index >= 15 is 0 Å². The van der Waals surface area contributed by atoms with E-state index in [4.69, 9.17) is 5.73 Å². The molecule has 2 heterocycles. The molecule has 164 valence electrons. The van der Waals surface area contributed by atoms with E-state index < -0.39 is 0 Å². The van der Waals surface area contributed by atoms with Crippen molar-refractivity contribution in [2.45, 2.75) is 13.0 Å². The molecule has 4 rings (SSSR count). The second kappa shape index (κ2) is 9.38. The summed E-state index contributed by atoms with van der Waals surface area (Å²) < 4.78 is 0. The molecule has 0 saturated carbocycles. The highest BCUT2D eigenvalue weighted by atomic mass is 16.2. The molecular weight excluding hydrogens is 404 g/mol. The van der Waals surface area contributed by atoms with Gasteiger partial charge in [0.05, 0.1) is 16.9 Å². The second-order valence-corrected chi connectivity index (χ2v) is 7.73. The smallest absolute Gasteiger partial charge is 0.322 e. The minimum absolute atomic E-state index is 0.0123. The van der Waals surface area contributed by atoms with Gasteiger partial charge in [0.15, 0.2) is 0 Å². The van der Waals surface area contributed by atoms with E-state index in [-0.39, 0.29) is 18.0 Å². The Kier molecular flexibility index (Phi) is 6.21. The van der Waals surface area contributed by atoms with Crippen LogP contribution in [0.4, 0.5) is 27.7 Å². The average Bonchev–Trinajstić information content (AvgIpc) is 2.81. The number of amides is 3. The molecule has 32 heavy (non-hydrogen) atoms. The van der Waals surface area contributed by atoms with Gasteiger partial charge in [-0.2, -0.15) is 0 Å². The summed E-state index contributed by atoms with van der Waals surface area (Å²) in [5.74, 6) is 0.508. The fourth-order valence-corrected chi connectivity index (χ4v) is 3.70. The largest absolute Gasteiger partial charge is 0.397 e. The molecule has 1 atom stereocenters. The first kappa shape index (κ1) is 21.2. The van der Waals surface area contributed by atoms with Crippen LogP contribution in [0, 0.1) is 0 Å². The van der Waals surface area contributed by atoms with Crippen LogP contribution < -0.4 is 21.3 Å². The standard InChI is InChI=1S/C24H26N6O2/c1-17-16-29(13-14-30(17)24(32)27-19-7-3-2-4-8-19)22-12-11-18(15-26-22)23(31)28-21-10-6-5-9-20(21)25/h2-12,15,17H,13-14,16,25H2,1H3,(H,27,32)(H,28,31)/t17-/m0/s1. The van der Waals surface area contributed by atoms with Crippen molar-refractivity contribution in [3.63, 3.8) is 0 Å². The Morgan fingerprint density at radius 2 is 1.72 bits per heavy atom. The molecule has 1 aliphatic heterocycles. The number of carbonyl (C=O) groups excluding carboxylic acids is 2. The van der Waals surface area contributed by atoms with Crippen LogP contribution in [0.25, 0.3) is 0 Å². The number of urea groups is 1. The summed E-state index contributed by atoms with van der Waals surface area (Å²) in [5, 5.41) is 5.74. The van der Waals surface area contributed by atoms with E-state index in [0.29, 0.717) is 36.6 Å². The number of rotatable bonds is 4. The van der Waals surface area contributed by atoms with Gasteiger partial charge in [0, 0.05) is 37.6 Å². The van der Waals surface area contributed by atoms with E-state index in [1.165, 1.54) is 0 Å². The van der Waals surface area contributed by atoms with Crippen LogP contribution in [0.15, 0.2) is 72.9 Å². The summed E-state index contributed by atoms with van der Waals surface area (Å²) >= 11 is 0. The average molecular weight is 431 g/mol. The molecule has 4 N–H and O–H groups in total. The predicted molar refractivity (Wildman–Crippen MR) is 127 cm³/mol. The Morgan fingerprint density at radius 3 is 2.41 bits per heavy atom. The Bertz CT molecular complexity index is 1090. The molecule has 0 spiro atoms. The monoisotopic (exact) mass is 430 g/mol. The number of aromatic nitrogens is 1. The Balaban J connectivity index is 1.35. The van der Waals surface area contributed by atoms with E-state index in [1.807, 2.05) is 60.4 Å². The third-order valence-electron chi connectivity index (χ3n) is 5.46. The van der Waals surface area contributed by atoms with Gasteiger partial charge in [-0.15, -0.1) is 0 Å². The Morgan fingerprint density at radius 1 is 0.969 bits per heavy atom. The topological polar surface area (TPSA) is 104 Å². The van der Waals surface area contributed by atoms with Gasteiger partial charge >= 0.3 is 6.03 Å². The Hall–Kier alpha value is -4.07. The molecule has 8 heteroatoms. The molecule has 3 amide bonds. The molecule has 0 bridgehead atoms. The minimum Gasteiger partial charge on any atom is -0.397 e. The molecular formula is C24H26N6O2. The fraction of sp³-hybridized carbons (Fsp3) is 0.208. The van der Waals surface area contributed by atoms with Gasteiger partial charge in [-0.25, -0.2) is 9.78 Å². The third kappa shape index (κ3) is 4.80. The zero-order chi connectivity index (χ0) is 22.5. The molecule has 2 aromatic carbocycles. The highest BCUT2D eigenvalue weighted by molar-refractivity contribution is 6.05. The number of para-hydroxylation sites is 3. The molecule has 0 aliphatic carbocycles. The van der Waals surface area contributed by atoms with Crippen molar-refractivity contribution in [1.82, 2.24) is 9.88 Å². The summed E-state index contributed by atoms with van der Waals surface area (Å²) in [6, 6.07) is 20.0. The minimum atomic E-state index is -0.266. The van der Waals surface area contributed by atoms with Crippen molar-refractivity contribution < 1.29 is 9.59 Å². The van der Waals surface area contributed by atoms with Gasteiger partial charge in [-0.3, -0.25) is 4.79 Å². The Labute approximate surface area is 187 Å². The van der Waals surface area contributed by atoms with Crippen LogP contribution in [-0.2, 0) is 0 Å². The number of nitrogens with zero attached hydrogens (tertiary/aromatic N) is 3. The van der Waals surface area contributed by atoms with Gasteiger partial charge in [0.1, 0.15) is 5.82 Å². The lowest BCUT2D eigenvalue weighted by Gasteiger charge is -2.40. The molecule has 1 aliphatic rings. The lowest BCUT2D eigenvalue weighted by Crippen LogP contribution is -2.55. The summed E-state index contributed by atoms with van der Waals surface area (Å²) in [7, 11) is 0. The van der Waals surface area contributed by atoms with E-state index in [9.17, 15) is 9.59 Å². The predicted octanol–water partition coefficient (Wildman–Crippen LogP) is 3.66. The maximum absolute atomic E-state index is 12.6. The van der Waals surface area contributed by atoms with Crippen LogP contribution in [-0.4, -0.2) is 47.5 Å². The van der Waals surface area contributed by atoms with Crippen LogP contribution in [0.2, 0.25) is 0 Å². The number of piperazine rings is 1. The van der Waals surface area contributed by atoms with Gasteiger partial charge in [0.25, 0.3) is 5.91 Å². The SMILES string of the molecule is C[C@H]1CN(c2ccc(C(=O)Nc3ccccc3N)cn2)CCN1C(=O)Nc1ccccc1. The summed E-state index contributed by atoms with van der Waals surface area (Å²) in [4.78, 5) is 33.6. The lowest BCUT2D eigenvalue weighted by atomic mass is 10.2. The van der Waals surface area contributed by atoms with Crippen molar-refractivity contribution >= 4 is 34.8 Å². The molecule has 1 saturated heterocycles. The van der Waals surface area contributed by atoms with Crippen molar-refractivity contribution in [2.24, 2.45) is 0 Å². The number of pyridine rings is 1. The summed E-state index contributed by atoms with van der Waals surface area (Å²) in [5.41, 5.74) is 8.19. The van der Waals surface area contributed by atoms with Crippen molar-refractivity contribution in [1.29, 1.82) is 0 Å². The first-order valence-corrected chi connectivity index (χ1v) is 10.5. The first-order chi connectivity index (χ1) is 15.5. The van der Waals surface area contributed by atoms with Crippen LogP contribution >= 0.6 is 0 Å². The molecule has 0 unspecified atom stereocenters. The number of carbonyl (C=O) groups is 2. The molecule has 8 nitrogen and oxygen atoms in total. The van der Waals surface area contributed by atoms with Crippen LogP contribution in [0.1, 0.15) is 17.3 Å². The molecule has 3 aromatic rings. The van der Waals surface area contributed by atoms with Crippen molar-refractivity contribution in [3.05, 3.63) is 78.5 Å². The highest BCUT2D eigenvalue weighted by Crippen LogP contribution is 2.20. The first-order valence-electron chi connectivity index (χ1n) is 10.5. The lowest BCUT2D eigenvalue weighted by molar-refractivity contribution is 0.102. The second-order valence-electron chi connectivity index (χ2n) is 7.73. The molecule has 1 aromatic heterocycles. The number of benzene rings is 2. The van der Waals surface area contributed by atoms with Gasteiger partial charge in [0.2, 0.25) is 0 Å². The van der Waals surface area contributed by atoms with Gasteiger partial charge < -0.3 is 26.2 Å². The van der Waals surface area contributed by atoms with Crippen molar-refractivity contribution in [3.8, 4) is 0 Å². The highest BCUT2D eigenvalue weighted by Gasteiger charge is 2.28. The van der Waals surface area contributed by atoms with Crippen molar-refractivity contribution in [2.75, 3.05) is 40.9 Å². The maximum Gasteiger partial charge on any atom is 0.322 e. The summed E-state index contributed by atoms with van der Waals surface area (Å²) in [6.45, 7) is 3.91. The third-order valence-corrected chi connectivity index (χ3v) is 5.46. The molecule has 1 fully saturated rings.